The SMILES string of the molecule is COC(=O)COc1ncc(S(=O)(=O)Cl)s1. The number of hydrogen-bond acceptors (Lipinski definition) is 7. The molecule has 0 aliphatic rings. The van der Waals surface area contributed by atoms with E-state index in [0.29, 0.717) is 0 Å². The Labute approximate surface area is 94.2 Å². The van der Waals surface area contributed by atoms with E-state index in [0.717, 1.165) is 17.5 Å². The van der Waals surface area contributed by atoms with Crippen LogP contribution in [0.15, 0.2) is 10.4 Å². The van der Waals surface area contributed by atoms with E-state index >= 15 is 0 Å². The average molecular weight is 272 g/mol. The van der Waals surface area contributed by atoms with Gasteiger partial charge in [0, 0.05) is 10.7 Å². The highest BCUT2D eigenvalue weighted by Crippen LogP contribution is 2.27. The molecule has 1 heterocycles. The second-order valence-electron chi connectivity index (χ2n) is 2.25. The molecular formula is C6H6ClNO5S2. The van der Waals surface area contributed by atoms with Crippen LogP contribution in [0.3, 0.4) is 0 Å². The first-order valence-electron chi connectivity index (χ1n) is 3.53. The van der Waals surface area contributed by atoms with Crippen LogP contribution in [0.2, 0.25) is 0 Å². The van der Waals surface area contributed by atoms with Crippen molar-refractivity contribution in [2.45, 2.75) is 4.21 Å². The first-order valence-corrected chi connectivity index (χ1v) is 6.66. The number of hydrogen-bond donors (Lipinski definition) is 0. The number of esters is 1. The van der Waals surface area contributed by atoms with Gasteiger partial charge in [-0.1, -0.05) is 11.3 Å². The summed E-state index contributed by atoms with van der Waals surface area (Å²) < 4.78 is 30.7. The van der Waals surface area contributed by atoms with Gasteiger partial charge in [0.05, 0.1) is 13.3 Å². The topological polar surface area (TPSA) is 82.6 Å². The van der Waals surface area contributed by atoms with E-state index in [9.17, 15) is 13.2 Å². The molecule has 15 heavy (non-hydrogen) atoms. The highest BCUT2D eigenvalue weighted by Gasteiger charge is 2.15. The van der Waals surface area contributed by atoms with Gasteiger partial charge in [-0.15, -0.1) is 0 Å². The molecule has 0 atom stereocenters. The summed E-state index contributed by atoms with van der Waals surface area (Å²) in [5, 5.41) is 0.0413. The van der Waals surface area contributed by atoms with Crippen LogP contribution in [0, 0.1) is 0 Å². The summed E-state index contributed by atoms with van der Waals surface area (Å²) in [5.41, 5.74) is 0. The van der Waals surface area contributed by atoms with Gasteiger partial charge in [0.25, 0.3) is 14.2 Å². The highest BCUT2D eigenvalue weighted by molar-refractivity contribution is 8.15. The van der Waals surface area contributed by atoms with Crippen LogP contribution < -0.4 is 4.74 Å². The minimum Gasteiger partial charge on any atom is -0.466 e. The molecule has 0 aliphatic carbocycles. The number of ether oxygens (including phenoxy) is 2. The average Bonchev–Trinajstić information content (AvgIpc) is 2.61. The molecule has 0 amide bonds. The highest BCUT2D eigenvalue weighted by atomic mass is 35.7. The Morgan fingerprint density at radius 3 is 2.80 bits per heavy atom. The number of halogens is 1. The largest absolute Gasteiger partial charge is 0.466 e. The van der Waals surface area contributed by atoms with Gasteiger partial charge in [-0.3, -0.25) is 0 Å². The number of nitrogens with zero attached hydrogens (tertiary/aromatic N) is 1. The molecule has 84 valence electrons. The van der Waals surface area contributed by atoms with E-state index in [1.165, 1.54) is 7.11 Å². The van der Waals surface area contributed by atoms with Crippen molar-refractivity contribution in [1.29, 1.82) is 0 Å². The fourth-order valence-corrected chi connectivity index (χ4v) is 2.30. The van der Waals surface area contributed by atoms with E-state index in [4.69, 9.17) is 15.4 Å². The molecule has 0 bridgehead atoms. The number of carbonyl (C=O) groups excluding carboxylic acids is 1. The fraction of sp³-hybridized carbons (Fsp3) is 0.333. The maximum atomic E-state index is 10.8. The monoisotopic (exact) mass is 271 g/mol. The van der Waals surface area contributed by atoms with Crippen molar-refractivity contribution in [3.63, 3.8) is 0 Å². The predicted octanol–water partition coefficient (Wildman–Crippen LogP) is 0.622. The van der Waals surface area contributed by atoms with Crippen molar-refractivity contribution in [3.05, 3.63) is 6.20 Å². The minimum atomic E-state index is -3.79. The van der Waals surface area contributed by atoms with Crippen LogP contribution in [-0.4, -0.2) is 33.1 Å². The van der Waals surface area contributed by atoms with Crippen molar-refractivity contribution in [2.75, 3.05) is 13.7 Å². The Hall–Kier alpha value is -0.860. The van der Waals surface area contributed by atoms with Gasteiger partial charge < -0.3 is 9.47 Å². The lowest BCUT2D eigenvalue weighted by atomic mass is 10.7. The summed E-state index contributed by atoms with van der Waals surface area (Å²) in [6, 6.07) is 0. The zero-order valence-electron chi connectivity index (χ0n) is 7.47. The fourth-order valence-electron chi connectivity index (χ4n) is 0.603. The van der Waals surface area contributed by atoms with Gasteiger partial charge in [0.1, 0.15) is 0 Å². The van der Waals surface area contributed by atoms with Gasteiger partial charge in [-0.2, -0.15) is 0 Å². The molecule has 0 saturated carbocycles. The van der Waals surface area contributed by atoms with Crippen LogP contribution >= 0.6 is 22.0 Å². The molecule has 0 aliphatic heterocycles. The number of rotatable bonds is 4. The Morgan fingerprint density at radius 2 is 2.33 bits per heavy atom. The minimum absolute atomic E-state index is 0.0413. The van der Waals surface area contributed by atoms with Gasteiger partial charge in [0.15, 0.2) is 10.8 Å². The number of methoxy groups -OCH3 is 1. The second-order valence-corrected chi connectivity index (χ2v) is 6.03. The van der Waals surface area contributed by atoms with Gasteiger partial charge in [-0.05, 0) is 0 Å². The lowest BCUT2D eigenvalue weighted by molar-refractivity contribution is -0.142. The van der Waals surface area contributed by atoms with Crippen molar-refractivity contribution in [1.82, 2.24) is 4.98 Å². The van der Waals surface area contributed by atoms with E-state index < -0.39 is 15.0 Å². The third-order valence-electron chi connectivity index (χ3n) is 1.24. The van der Waals surface area contributed by atoms with Crippen molar-refractivity contribution < 1.29 is 22.7 Å². The van der Waals surface area contributed by atoms with E-state index in [1.807, 2.05) is 0 Å². The molecule has 1 rings (SSSR count). The Balaban J connectivity index is 2.66. The number of carbonyl (C=O) groups is 1. The molecule has 0 unspecified atom stereocenters. The standard InChI is InChI=1S/C6H6ClNO5S2/c1-12-4(9)3-13-6-8-2-5(14-6)15(7,10)11/h2H,3H2,1H3. The summed E-state index contributed by atoms with van der Waals surface area (Å²) >= 11 is 0.731. The molecular weight excluding hydrogens is 266 g/mol. The third-order valence-corrected chi connectivity index (χ3v) is 4.22. The molecule has 0 saturated heterocycles. The zero-order chi connectivity index (χ0) is 11.5. The normalized spacial score (nSPS) is 11.1. The van der Waals surface area contributed by atoms with Crippen LogP contribution in [0.4, 0.5) is 0 Å². The van der Waals surface area contributed by atoms with Crippen molar-refractivity contribution in [3.8, 4) is 5.19 Å². The molecule has 6 nitrogen and oxygen atoms in total. The van der Waals surface area contributed by atoms with Crippen LogP contribution in [0.25, 0.3) is 0 Å². The van der Waals surface area contributed by atoms with Crippen LogP contribution in [0.1, 0.15) is 0 Å². The Morgan fingerprint density at radius 1 is 1.67 bits per heavy atom. The number of thiazole rings is 1. The van der Waals surface area contributed by atoms with E-state index in [-0.39, 0.29) is 16.0 Å². The lowest BCUT2D eigenvalue weighted by Crippen LogP contribution is -2.12. The van der Waals surface area contributed by atoms with Gasteiger partial charge >= 0.3 is 5.97 Å². The molecule has 0 aromatic carbocycles. The summed E-state index contributed by atoms with van der Waals surface area (Å²) in [6.45, 7) is -0.328. The molecule has 0 spiro atoms. The van der Waals surface area contributed by atoms with Gasteiger partial charge in [-0.25, -0.2) is 18.2 Å². The molecule has 0 N–H and O–H groups in total. The summed E-state index contributed by atoms with van der Waals surface area (Å²) in [4.78, 5) is 14.3. The first kappa shape index (κ1) is 12.2. The molecule has 1 aromatic rings. The Bertz CT molecular complexity index is 454. The van der Waals surface area contributed by atoms with Gasteiger partial charge in [0.2, 0.25) is 0 Å². The molecule has 9 heteroatoms. The van der Waals surface area contributed by atoms with Crippen LogP contribution in [-0.2, 0) is 18.6 Å². The van der Waals surface area contributed by atoms with E-state index in [1.54, 1.807) is 0 Å². The summed E-state index contributed by atoms with van der Waals surface area (Å²) in [6.07, 6.45) is 1.06. The van der Waals surface area contributed by atoms with Crippen LogP contribution in [0.5, 0.6) is 5.19 Å². The van der Waals surface area contributed by atoms with Crippen molar-refractivity contribution >= 4 is 37.0 Å². The quantitative estimate of drug-likeness (QED) is 0.590. The maximum absolute atomic E-state index is 10.8. The smallest absolute Gasteiger partial charge is 0.343 e. The van der Waals surface area contributed by atoms with E-state index in [2.05, 4.69) is 9.72 Å². The zero-order valence-corrected chi connectivity index (χ0v) is 9.86. The second kappa shape index (κ2) is 4.77. The third kappa shape index (κ3) is 3.65. The summed E-state index contributed by atoms with van der Waals surface area (Å²) in [7, 11) is 2.47. The summed E-state index contributed by atoms with van der Waals surface area (Å²) in [5.74, 6) is -0.583. The predicted molar refractivity (Wildman–Crippen MR) is 52.7 cm³/mol. The first-order chi connectivity index (χ1) is 6.93. The maximum Gasteiger partial charge on any atom is 0.343 e. The lowest BCUT2D eigenvalue weighted by Gasteiger charge is -1.98. The van der Waals surface area contributed by atoms with Crippen molar-refractivity contribution in [2.24, 2.45) is 0 Å². The number of aromatic nitrogens is 1. The molecule has 0 fully saturated rings. The Kier molecular flexibility index (Phi) is 3.89. The molecule has 0 radical (unpaired) electrons. The molecule has 1 aromatic heterocycles.